The second-order valence-electron chi connectivity index (χ2n) is 6.21. The van der Waals surface area contributed by atoms with Crippen molar-refractivity contribution in [2.45, 2.75) is 44.4 Å². The van der Waals surface area contributed by atoms with Crippen LogP contribution in [0.5, 0.6) is 0 Å². The van der Waals surface area contributed by atoms with Crippen LogP contribution in [0.25, 0.3) is 10.9 Å². The number of H-pyrrole nitrogens is 1. The van der Waals surface area contributed by atoms with E-state index in [0.29, 0.717) is 10.6 Å². The third-order valence-corrected chi connectivity index (χ3v) is 5.83. The van der Waals surface area contributed by atoms with Crippen molar-refractivity contribution in [1.82, 2.24) is 14.9 Å². The Hall–Kier alpha value is -1.33. The molecule has 0 bridgehead atoms. The third-order valence-electron chi connectivity index (χ3n) is 4.64. The summed E-state index contributed by atoms with van der Waals surface area (Å²) in [7, 11) is 0. The molecule has 1 fully saturated rings. The van der Waals surface area contributed by atoms with Crippen molar-refractivity contribution < 1.29 is 0 Å². The molecular weight excluding hydrogens is 306 g/mol. The van der Waals surface area contributed by atoms with Gasteiger partial charge < -0.3 is 4.98 Å². The molecule has 3 rings (SSSR count). The fraction of sp³-hybridized carbons (Fsp3) is 0.556. The monoisotopic (exact) mass is 331 g/mol. The molecule has 0 radical (unpaired) electrons. The molecule has 1 aliphatic heterocycles. The van der Waals surface area contributed by atoms with E-state index in [4.69, 9.17) is 4.98 Å². The van der Waals surface area contributed by atoms with Gasteiger partial charge in [-0.3, -0.25) is 9.69 Å². The van der Waals surface area contributed by atoms with Crippen LogP contribution in [0.3, 0.4) is 0 Å². The zero-order valence-electron chi connectivity index (χ0n) is 13.9. The van der Waals surface area contributed by atoms with Gasteiger partial charge in [0, 0.05) is 11.8 Å². The van der Waals surface area contributed by atoms with Crippen LogP contribution in [0.15, 0.2) is 29.1 Å². The molecule has 124 valence electrons. The number of nitrogens with zero attached hydrogens (tertiary/aromatic N) is 2. The number of aromatic nitrogens is 2. The zero-order chi connectivity index (χ0) is 16.2. The van der Waals surface area contributed by atoms with Gasteiger partial charge in [0.1, 0.15) is 5.82 Å². The number of benzene rings is 1. The van der Waals surface area contributed by atoms with E-state index >= 15 is 0 Å². The minimum Gasteiger partial charge on any atom is -0.309 e. The van der Waals surface area contributed by atoms with Crippen LogP contribution in [0.2, 0.25) is 0 Å². The highest BCUT2D eigenvalue weighted by molar-refractivity contribution is 7.99. The Morgan fingerprint density at radius 3 is 3.04 bits per heavy atom. The molecular formula is C18H25N3OS. The van der Waals surface area contributed by atoms with Gasteiger partial charge in [0.25, 0.3) is 5.56 Å². The van der Waals surface area contributed by atoms with Gasteiger partial charge in [-0.25, -0.2) is 4.98 Å². The number of hydrogen-bond donors (Lipinski definition) is 1. The molecule has 0 saturated carbocycles. The maximum atomic E-state index is 12.3. The van der Waals surface area contributed by atoms with Crippen LogP contribution in [0, 0.1) is 0 Å². The standard InChI is InChI=1S/C18H25N3OS/c1-3-23-14-8-6-7-11-21(12-14)13(2)17-19-16-10-5-4-9-15(16)18(22)20-17/h4-5,9-10,13-14H,3,6-8,11-12H2,1-2H3,(H,19,20,22)/t13-,14-/m1/s1. The van der Waals surface area contributed by atoms with Crippen LogP contribution in [-0.4, -0.2) is 39.0 Å². The van der Waals surface area contributed by atoms with Gasteiger partial charge in [-0.15, -0.1) is 0 Å². The number of rotatable bonds is 4. The molecule has 23 heavy (non-hydrogen) atoms. The van der Waals surface area contributed by atoms with Gasteiger partial charge in [-0.1, -0.05) is 25.5 Å². The molecule has 1 aromatic heterocycles. The van der Waals surface area contributed by atoms with Crippen LogP contribution >= 0.6 is 11.8 Å². The SMILES string of the molecule is CCS[C@@H]1CCCCN([C@H](C)c2nc3ccccc3c(=O)[nH]2)C1. The highest BCUT2D eigenvalue weighted by Gasteiger charge is 2.24. The van der Waals surface area contributed by atoms with Crippen molar-refractivity contribution >= 4 is 22.7 Å². The number of nitrogens with one attached hydrogen (secondary N) is 1. The lowest BCUT2D eigenvalue weighted by Gasteiger charge is -2.29. The summed E-state index contributed by atoms with van der Waals surface area (Å²) in [5, 5.41) is 1.36. The quantitative estimate of drug-likeness (QED) is 0.930. The Morgan fingerprint density at radius 2 is 2.22 bits per heavy atom. The van der Waals surface area contributed by atoms with Crippen molar-refractivity contribution in [2.24, 2.45) is 0 Å². The second kappa shape index (κ2) is 7.49. The van der Waals surface area contributed by atoms with Crippen molar-refractivity contribution in [3.8, 4) is 0 Å². The average Bonchev–Trinajstić information content (AvgIpc) is 2.80. The minimum absolute atomic E-state index is 0.0354. The number of hydrogen-bond acceptors (Lipinski definition) is 4. The molecule has 4 nitrogen and oxygen atoms in total. The maximum absolute atomic E-state index is 12.3. The van der Waals surface area contributed by atoms with E-state index in [1.807, 2.05) is 24.3 Å². The van der Waals surface area contributed by atoms with Crippen molar-refractivity contribution in [3.63, 3.8) is 0 Å². The molecule has 2 atom stereocenters. The first-order valence-corrected chi connectivity index (χ1v) is 9.58. The summed E-state index contributed by atoms with van der Waals surface area (Å²) in [5.41, 5.74) is 0.749. The Bertz CT molecular complexity index is 715. The smallest absolute Gasteiger partial charge is 0.258 e. The predicted molar refractivity (Wildman–Crippen MR) is 98.1 cm³/mol. The summed E-state index contributed by atoms with van der Waals surface area (Å²) in [6.07, 6.45) is 3.81. The maximum Gasteiger partial charge on any atom is 0.258 e. The Morgan fingerprint density at radius 1 is 1.39 bits per heavy atom. The summed E-state index contributed by atoms with van der Waals surface area (Å²) in [5.74, 6) is 1.95. The Labute approximate surface area is 141 Å². The number of para-hydroxylation sites is 1. The molecule has 5 heteroatoms. The minimum atomic E-state index is -0.0354. The first-order chi connectivity index (χ1) is 11.2. The molecule has 1 N–H and O–H groups in total. The number of thioether (sulfide) groups is 1. The fourth-order valence-corrected chi connectivity index (χ4v) is 4.43. The summed E-state index contributed by atoms with van der Waals surface area (Å²) < 4.78 is 0. The van der Waals surface area contributed by atoms with Gasteiger partial charge in [0.15, 0.2) is 0 Å². The topological polar surface area (TPSA) is 49.0 Å². The first-order valence-electron chi connectivity index (χ1n) is 8.53. The molecule has 0 spiro atoms. The lowest BCUT2D eigenvalue weighted by molar-refractivity contribution is 0.213. The molecule has 1 saturated heterocycles. The second-order valence-corrected chi connectivity index (χ2v) is 7.79. The highest BCUT2D eigenvalue weighted by atomic mass is 32.2. The van der Waals surface area contributed by atoms with E-state index in [-0.39, 0.29) is 11.6 Å². The highest BCUT2D eigenvalue weighted by Crippen LogP contribution is 2.27. The van der Waals surface area contributed by atoms with Gasteiger partial charge in [-0.2, -0.15) is 11.8 Å². The molecule has 1 aromatic carbocycles. The van der Waals surface area contributed by atoms with Crippen LogP contribution in [-0.2, 0) is 0 Å². The normalized spacial score (nSPS) is 21.2. The van der Waals surface area contributed by atoms with Gasteiger partial charge in [0.2, 0.25) is 0 Å². The van der Waals surface area contributed by atoms with Crippen LogP contribution in [0.4, 0.5) is 0 Å². The summed E-state index contributed by atoms with van der Waals surface area (Å²) >= 11 is 2.05. The van der Waals surface area contributed by atoms with Crippen LogP contribution in [0.1, 0.15) is 45.0 Å². The van der Waals surface area contributed by atoms with Gasteiger partial charge in [-0.05, 0) is 44.2 Å². The molecule has 1 aliphatic rings. The van der Waals surface area contributed by atoms with E-state index in [9.17, 15) is 4.79 Å². The van der Waals surface area contributed by atoms with E-state index < -0.39 is 0 Å². The fourth-order valence-electron chi connectivity index (χ4n) is 3.33. The summed E-state index contributed by atoms with van der Waals surface area (Å²) in [6.45, 7) is 6.55. The first kappa shape index (κ1) is 16.5. The molecule has 2 aromatic rings. The molecule has 0 aliphatic carbocycles. The largest absolute Gasteiger partial charge is 0.309 e. The Balaban J connectivity index is 1.86. The number of fused-ring (bicyclic) bond motifs is 1. The molecule has 0 amide bonds. The van der Waals surface area contributed by atoms with E-state index in [1.165, 1.54) is 19.3 Å². The van der Waals surface area contributed by atoms with Gasteiger partial charge >= 0.3 is 0 Å². The third kappa shape index (κ3) is 3.78. The van der Waals surface area contributed by atoms with E-state index in [2.05, 4.69) is 35.5 Å². The van der Waals surface area contributed by atoms with Crippen molar-refractivity contribution in [1.29, 1.82) is 0 Å². The lowest BCUT2D eigenvalue weighted by Crippen LogP contribution is -2.34. The van der Waals surface area contributed by atoms with Gasteiger partial charge in [0.05, 0.1) is 16.9 Å². The lowest BCUT2D eigenvalue weighted by atomic mass is 10.2. The Kier molecular flexibility index (Phi) is 5.38. The van der Waals surface area contributed by atoms with E-state index in [1.54, 1.807) is 0 Å². The zero-order valence-corrected chi connectivity index (χ0v) is 14.7. The average molecular weight is 331 g/mol. The van der Waals surface area contributed by atoms with E-state index in [0.717, 1.165) is 30.2 Å². The molecule has 2 heterocycles. The van der Waals surface area contributed by atoms with Crippen molar-refractivity contribution in [2.75, 3.05) is 18.8 Å². The molecule has 0 unspecified atom stereocenters. The summed E-state index contributed by atoms with van der Waals surface area (Å²) in [4.78, 5) is 22.5. The van der Waals surface area contributed by atoms with Crippen molar-refractivity contribution in [3.05, 3.63) is 40.4 Å². The number of aromatic amines is 1. The van der Waals surface area contributed by atoms with Crippen LogP contribution < -0.4 is 5.56 Å². The predicted octanol–water partition coefficient (Wildman–Crippen LogP) is 3.59. The summed E-state index contributed by atoms with van der Waals surface area (Å²) in [6, 6.07) is 7.70. The number of likely N-dealkylation sites (tertiary alicyclic amines) is 1.